The Morgan fingerprint density at radius 1 is 1.21 bits per heavy atom. The van der Waals surface area contributed by atoms with E-state index in [9.17, 15) is 4.79 Å². The molecule has 0 aromatic rings. The topological polar surface area (TPSA) is 65.4 Å². The predicted octanol–water partition coefficient (Wildman–Crippen LogP) is 2.53. The molecular formula is C14H27N3O2. The molecule has 0 saturated heterocycles. The summed E-state index contributed by atoms with van der Waals surface area (Å²) in [4.78, 5) is 13.9. The van der Waals surface area contributed by atoms with Crippen molar-refractivity contribution in [2.45, 2.75) is 59.1 Å². The molecule has 0 saturated carbocycles. The zero-order chi connectivity index (χ0) is 15.1. The van der Waals surface area contributed by atoms with E-state index in [-0.39, 0.29) is 11.6 Å². The maximum absolute atomic E-state index is 12.1. The largest absolute Gasteiger partial charge is 0.444 e. The summed E-state index contributed by atoms with van der Waals surface area (Å²) in [6.45, 7) is 13.4. The molecule has 0 aliphatic heterocycles. The minimum absolute atomic E-state index is 0.292. The van der Waals surface area contributed by atoms with Gasteiger partial charge in [0, 0.05) is 31.6 Å². The number of ether oxygens (including phenoxy) is 1. The minimum Gasteiger partial charge on any atom is -0.444 e. The van der Waals surface area contributed by atoms with Crippen molar-refractivity contribution in [1.29, 1.82) is 5.26 Å². The average Bonchev–Trinajstić information content (AvgIpc) is 2.18. The average molecular weight is 269 g/mol. The molecule has 5 nitrogen and oxygen atoms in total. The first-order chi connectivity index (χ1) is 8.58. The van der Waals surface area contributed by atoms with Gasteiger partial charge in [-0.2, -0.15) is 5.26 Å². The van der Waals surface area contributed by atoms with Crippen LogP contribution in [0.4, 0.5) is 4.79 Å². The van der Waals surface area contributed by atoms with Gasteiger partial charge in [-0.05, 0) is 41.5 Å². The van der Waals surface area contributed by atoms with Gasteiger partial charge < -0.3 is 15.0 Å². The molecule has 110 valence electrons. The van der Waals surface area contributed by atoms with Crippen molar-refractivity contribution < 1.29 is 9.53 Å². The number of rotatable bonds is 5. The van der Waals surface area contributed by atoms with Crippen LogP contribution in [0.25, 0.3) is 0 Å². The normalized spacial score (nSPS) is 11.8. The molecular weight excluding hydrogens is 242 g/mol. The van der Waals surface area contributed by atoms with E-state index in [1.54, 1.807) is 4.90 Å². The Morgan fingerprint density at radius 3 is 2.21 bits per heavy atom. The third-order valence-electron chi connectivity index (χ3n) is 2.35. The molecule has 0 fully saturated rings. The van der Waals surface area contributed by atoms with Crippen molar-refractivity contribution >= 4 is 6.09 Å². The Bertz CT molecular complexity index is 321. The monoisotopic (exact) mass is 269 g/mol. The van der Waals surface area contributed by atoms with Gasteiger partial charge in [0.1, 0.15) is 5.60 Å². The first-order valence-corrected chi connectivity index (χ1v) is 6.66. The molecule has 0 radical (unpaired) electrons. The summed E-state index contributed by atoms with van der Waals surface area (Å²) in [6, 6.07) is 2.07. The summed E-state index contributed by atoms with van der Waals surface area (Å²) in [5, 5.41) is 11.6. The lowest BCUT2D eigenvalue weighted by molar-refractivity contribution is 0.00667. The molecule has 0 aromatic carbocycles. The van der Waals surface area contributed by atoms with E-state index in [1.165, 1.54) is 0 Å². The number of nitriles is 1. The number of amides is 1. The van der Waals surface area contributed by atoms with Crippen molar-refractivity contribution in [1.82, 2.24) is 10.2 Å². The Hall–Kier alpha value is -1.28. The van der Waals surface area contributed by atoms with Gasteiger partial charge in [-0.1, -0.05) is 0 Å². The number of hydrogen-bond donors (Lipinski definition) is 1. The zero-order valence-electron chi connectivity index (χ0n) is 13.0. The number of hydrogen-bond acceptors (Lipinski definition) is 4. The number of carbonyl (C=O) groups is 1. The third kappa shape index (κ3) is 8.44. The van der Waals surface area contributed by atoms with Crippen LogP contribution in [-0.2, 0) is 4.74 Å². The summed E-state index contributed by atoms with van der Waals surface area (Å²) in [6.07, 6.45) is 0.171. The Labute approximate surface area is 116 Å². The quantitative estimate of drug-likeness (QED) is 0.779. The van der Waals surface area contributed by atoms with Gasteiger partial charge in [-0.15, -0.1) is 0 Å². The first kappa shape index (κ1) is 17.7. The lowest BCUT2D eigenvalue weighted by Gasteiger charge is -2.36. The van der Waals surface area contributed by atoms with Crippen LogP contribution in [0.2, 0.25) is 0 Å². The molecule has 19 heavy (non-hydrogen) atoms. The van der Waals surface area contributed by atoms with Crippen LogP contribution in [0, 0.1) is 11.3 Å². The summed E-state index contributed by atoms with van der Waals surface area (Å²) in [5.41, 5.74) is -0.784. The van der Waals surface area contributed by atoms with E-state index in [0.29, 0.717) is 26.1 Å². The van der Waals surface area contributed by atoms with Crippen molar-refractivity contribution in [2.75, 3.05) is 19.6 Å². The van der Waals surface area contributed by atoms with Crippen molar-refractivity contribution in [3.05, 3.63) is 0 Å². The molecule has 0 bridgehead atoms. The highest BCUT2D eigenvalue weighted by atomic mass is 16.6. The Morgan fingerprint density at radius 2 is 1.79 bits per heavy atom. The summed E-state index contributed by atoms with van der Waals surface area (Å²) in [7, 11) is 0. The molecule has 1 amide bonds. The lowest BCUT2D eigenvalue weighted by Crippen LogP contribution is -2.50. The molecule has 0 rings (SSSR count). The van der Waals surface area contributed by atoms with E-state index in [2.05, 4.69) is 11.4 Å². The van der Waals surface area contributed by atoms with E-state index in [4.69, 9.17) is 10.00 Å². The summed E-state index contributed by atoms with van der Waals surface area (Å²) >= 11 is 0. The van der Waals surface area contributed by atoms with E-state index < -0.39 is 5.60 Å². The number of nitrogens with one attached hydrogen (secondary N) is 1. The van der Waals surface area contributed by atoms with Crippen molar-refractivity contribution in [2.24, 2.45) is 0 Å². The van der Waals surface area contributed by atoms with Gasteiger partial charge in [0.05, 0.1) is 6.07 Å². The van der Waals surface area contributed by atoms with Gasteiger partial charge in [0.25, 0.3) is 0 Å². The molecule has 0 aromatic heterocycles. The molecule has 0 atom stereocenters. The molecule has 0 spiro atoms. The fourth-order valence-corrected chi connectivity index (χ4v) is 1.48. The lowest BCUT2D eigenvalue weighted by atomic mass is 10.1. The second-order valence-electron chi connectivity index (χ2n) is 6.46. The zero-order valence-corrected chi connectivity index (χ0v) is 13.0. The number of carbonyl (C=O) groups excluding carboxylic acids is 1. The molecule has 0 aliphatic rings. The summed E-state index contributed by atoms with van der Waals surface area (Å²) < 4.78 is 5.41. The molecule has 5 heteroatoms. The smallest absolute Gasteiger partial charge is 0.410 e. The van der Waals surface area contributed by atoms with Crippen LogP contribution in [0.5, 0.6) is 0 Å². The second kappa shape index (κ2) is 7.34. The van der Waals surface area contributed by atoms with Gasteiger partial charge >= 0.3 is 6.09 Å². The molecule has 0 heterocycles. The van der Waals surface area contributed by atoms with Gasteiger partial charge in [0.15, 0.2) is 0 Å². The number of nitrogens with zero attached hydrogens (tertiary/aromatic N) is 2. The third-order valence-corrected chi connectivity index (χ3v) is 2.35. The maximum atomic E-state index is 12.1. The first-order valence-electron chi connectivity index (χ1n) is 6.66. The van der Waals surface area contributed by atoms with Crippen LogP contribution in [0.1, 0.15) is 48.0 Å². The molecule has 1 N–H and O–H groups in total. The van der Waals surface area contributed by atoms with E-state index >= 15 is 0 Å². The minimum atomic E-state index is -0.491. The second-order valence-corrected chi connectivity index (χ2v) is 6.46. The van der Waals surface area contributed by atoms with Crippen LogP contribution in [0.3, 0.4) is 0 Å². The highest BCUT2D eigenvalue weighted by molar-refractivity contribution is 5.69. The maximum Gasteiger partial charge on any atom is 0.410 e. The fraction of sp³-hybridized carbons (Fsp3) is 0.857. The fourth-order valence-electron chi connectivity index (χ4n) is 1.48. The van der Waals surface area contributed by atoms with E-state index in [1.807, 2.05) is 41.5 Å². The SMILES string of the molecule is CC(C)(C)OC(=O)N(CCNCCC#N)C(C)(C)C. The highest BCUT2D eigenvalue weighted by Gasteiger charge is 2.29. The molecule has 0 unspecified atom stereocenters. The predicted molar refractivity (Wildman–Crippen MR) is 75.8 cm³/mol. The highest BCUT2D eigenvalue weighted by Crippen LogP contribution is 2.17. The van der Waals surface area contributed by atoms with Crippen LogP contribution in [-0.4, -0.2) is 41.8 Å². The Balaban J connectivity index is 4.41. The van der Waals surface area contributed by atoms with Crippen LogP contribution < -0.4 is 5.32 Å². The van der Waals surface area contributed by atoms with Gasteiger partial charge in [0.2, 0.25) is 0 Å². The standard InChI is InChI=1S/C14H27N3O2/c1-13(2,3)17(11-10-16-9-7-8-15)12(18)19-14(4,5)6/h16H,7,9-11H2,1-6H3. The van der Waals surface area contributed by atoms with E-state index in [0.717, 1.165) is 0 Å². The Kier molecular flexibility index (Phi) is 6.85. The van der Waals surface area contributed by atoms with Crippen molar-refractivity contribution in [3.8, 4) is 6.07 Å². The van der Waals surface area contributed by atoms with Crippen LogP contribution in [0.15, 0.2) is 0 Å². The molecule has 0 aliphatic carbocycles. The summed E-state index contributed by atoms with van der Waals surface area (Å²) in [5.74, 6) is 0. The van der Waals surface area contributed by atoms with Crippen molar-refractivity contribution in [3.63, 3.8) is 0 Å². The van der Waals surface area contributed by atoms with Gasteiger partial charge in [-0.3, -0.25) is 0 Å². The van der Waals surface area contributed by atoms with Gasteiger partial charge in [-0.25, -0.2) is 4.79 Å². The van der Waals surface area contributed by atoms with Crippen LogP contribution >= 0.6 is 0 Å².